The molecule has 1 aliphatic rings. The maximum absolute atomic E-state index is 12.1. The third-order valence-corrected chi connectivity index (χ3v) is 5.93. The second kappa shape index (κ2) is 6.19. The summed E-state index contributed by atoms with van der Waals surface area (Å²) in [5.41, 5.74) is 2.38. The van der Waals surface area contributed by atoms with Crippen molar-refractivity contribution in [3.05, 3.63) is 35.4 Å². The van der Waals surface area contributed by atoms with Gasteiger partial charge in [-0.25, -0.2) is 0 Å². The molecule has 19 heavy (non-hydrogen) atoms. The molecular formula is C14H21O4P. The van der Waals surface area contributed by atoms with Gasteiger partial charge < -0.3 is 13.8 Å². The van der Waals surface area contributed by atoms with Crippen molar-refractivity contribution in [3.63, 3.8) is 0 Å². The fourth-order valence-corrected chi connectivity index (χ4v) is 4.05. The molecule has 0 N–H and O–H groups in total. The lowest BCUT2D eigenvalue weighted by atomic mass is 9.95. The average Bonchev–Trinajstić information content (AvgIpc) is 2.36. The molecule has 0 aromatic heterocycles. The number of hydrogen-bond acceptors (Lipinski definition) is 4. The maximum atomic E-state index is 12.1. The Labute approximate surface area is 114 Å². The van der Waals surface area contributed by atoms with E-state index in [9.17, 15) is 4.57 Å². The molecule has 0 aliphatic heterocycles. The van der Waals surface area contributed by atoms with Crippen molar-refractivity contribution in [2.45, 2.75) is 38.1 Å². The van der Waals surface area contributed by atoms with E-state index in [1.807, 2.05) is 6.07 Å². The Morgan fingerprint density at radius 2 is 1.95 bits per heavy atom. The van der Waals surface area contributed by atoms with Crippen molar-refractivity contribution >= 4 is 7.60 Å². The monoisotopic (exact) mass is 284 g/mol. The molecule has 2 rings (SSSR count). The fourth-order valence-electron chi connectivity index (χ4n) is 2.32. The lowest BCUT2D eigenvalue weighted by Crippen LogP contribution is -2.36. The van der Waals surface area contributed by atoms with Gasteiger partial charge >= 0.3 is 7.60 Å². The minimum Gasteiger partial charge on any atom is -0.373 e. The molecule has 0 atom stereocenters. The van der Waals surface area contributed by atoms with Crippen LogP contribution in [0.5, 0.6) is 0 Å². The van der Waals surface area contributed by atoms with Crippen LogP contribution in [0.25, 0.3) is 0 Å². The summed E-state index contributed by atoms with van der Waals surface area (Å²) in [6.45, 7) is 2.67. The van der Waals surface area contributed by atoms with Crippen LogP contribution in [0.15, 0.2) is 24.3 Å². The summed E-state index contributed by atoms with van der Waals surface area (Å²) in [4.78, 5) is 0. The molecule has 1 aromatic carbocycles. The summed E-state index contributed by atoms with van der Waals surface area (Å²) >= 11 is 0. The Morgan fingerprint density at radius 1 is 1.26 bits per heavy atom. The molecule has 0 heterocycles. The zero-order chi connectivity index (χ0) is 13.9. The van der Waals surface area contributed by atoms with Crippen LogP contribution in [0, 0.1) is 6.92 Å². The molecule has 1 saturated carbocycles. The van der Waals surface area contributed by atoms with Crippen LogP contribution in [0.1, 0.15) is 24.0 Å². The molecule has 0 radical (unpaired) electrons. The van der Waals surface area contributed by atoms with Crippen molar-refractivity contribution in [2.75, 3.05) is 14.2 Å². The van der Waals surface area contributed by atoms with Gasteiger partial charge in [-0.15, -0.1) is 0 Å². The Balaban J connectivity index is 1.78. The van der Waals surface area contributed by atoms with Crippen LogP contribution in [-0.2, 0) is 25.0 Å². The number of benzene rings is 1. The van der Waals surface area contributed by atoms with E-state index in [-0.39, 0.29) is 11.8 Å². The molecule has 0 saturated heterocycles. The van der Waals surface area contributed by atoms with Crippen molar-refractivity contribution in [1.29, 1.82) is 0 Å². The zero-order valence-electron chi connectivity index (χ0n) is 11.7. The van der Waals surface area contributed by atoms with E-state index >= 15 is 0 Å². The topological polar surface area (TPSA) is 44.8 Å². The quantitative estimate of drug-likeness (QED) is 0.750. The normalized spacial score (nSPS) is 23.1. The molecule has 1 aromatic rings. The summed E-state index contributed by atoms with van der Waals surface area (Å²) in [5.74, 6) is 0. The lowest BCUT2D eigenvalue weighted by Gasteiger charge is -2.37. The minimum atomic E-state index is -2.91. The van der Waals surface area contributed by atoms with E-state index < -0.39 is 7.60 Å². The van der Waals surface area contributed by atoms with E-state index in [1.165, 1.54) is 25.3 Å². The summed E-state index contributed by atoms with van der Waals surface area (Å²) in [5, 5.41) is 0. The van der Waals surface area contributed by atoms with Gasteiger partial charge in [0.05, 0.1) is 18.4 Å². The van der Waals surface area contributed by atoms with Gasteiger partial charge in [-0.3, -0.25) is 4.57 Å². The van der Waals surface area contributed by atoms with Crippen molar-refractivity contribution < 1.29 is 18.3 Å². The van der Waals surface area contributed by atoms with Crippen LogP contribution in [-0.4, -0.2) is 26.0 Å². The molecule has 1 fully saturated rings. The highest BCUT2D eigenvalue weighted by Gasteiger charge is 2.44. The van der Waals surface area contributed by atoms with Gasteiger partial charge in [-0.2, -0.15) is 0 Å². The molecule has 0 spiro atoms. The van der Waals surface area contributed by atoms with E-state index in [2.05, 4.69) is 25.1 Å². The molecule has 0 bridgehead atoms. The van der Waals surface area contributed by atoms with Crippen LogP contribution in [0.2, 0.25) is 0 Å². The van der Waals surface area contributed by atoms with Crippen LogP contribution >= 0.6 is 7.60 Å². The van der Waals surface area contributed by atoms with E-state index in [1.54, 1.807) is 0 Å². The van der Waals surface area contributed by atoms with Gasteiger partial charge in [-0.1, -0.05) is 29.8 Å². The smallest absolute Gasteiger partial charge is 0.333 e. The second-order valence-electron chi connectivity index (χ2n) is 4.95. The van der Waals surface area contributed by atoms with Crippen LogP contribution in [0.3, 0.4) is 0 Å². The van der Waals surface area contributed by atoms with E-state index in [0.29, 0.717) is 6.61 Å². The van der Waals surface area contributed by atoms with Gasteiger partial charge in [0.1, 0.15) is 0 Å². The van der Waals surface area contributed by atoms with E-state index in [0.717, 1.165) is 12.8 Å². The molecule has 0 unspecified atom stereocenters. The molecule has 4 nitrogen and oxygen atoms in total. The molecule has 5 heteroatoms. The Kier molecular flexibility index (Phi) is 4.80. The lowest BCUT2D eigenvalue weighted by molar-refractivity contribution is -0.0113. The summed E-state index contributed by atoms with van der Waals surface area (Å²) in [6.07, 6.45) is 1.64. The maximum Gasteiger partial charge on any atom is 0.333 e. The first-order valence-electron chi connectivity index (χ1n) is 6.45. The SMILES string of the molecule is COP(=O)(OC)C1CC(OCc2cccc(C)c2)C1. The highest BCUT2D eigenvalue weighted by Crippen LogP contribution is 2.59. The first-order valence-corrected chi connectivity index (χ1v) is 8.07. The van der Waals surface area contributed by atoms with Gasteiger partial charge in [0, 0.05) is 14.2 Å². The third kappa shape index (κ3) is 3.46. The number of rotatable bonds is 6. The predicted octanol–water partition coefficient (Wildman–Crippen LogP) is 3.53. The van der Waals surface area contributed by atoms with Gasteiger partial charge in [-0.05, 0) is 25.3 Å². The highest BCUT2D eigenvalue weighted by molar-refractivity contribution is 7.54. The van der Waals surface area contributed by atoms with Crippen molar-refractivity contribution in [1.82, 2.24) is 0 Å². The minimum absolute atomic E-state index is 0.0231. The molecule has 106 valence electrons. The van der Waals surface area contributed by atoms with Crippen molar-refractivity contribution in [2.24, 2.45) is 0 Å². The average molecular weight is 284 g/mol. The van der Waals surface area contributed by atoms with Gasteiger partial charge in [0.25, 0.3) is 0 Å². The second-order valence-corrected chi connectivity index (χ2v) is 7.49. The molecule has 0 amide bonds. The molecule has 1 aliphatic carbocycles. The number of hydrogen-bond donors (Lipinski definition) is 0. The zero-order valence-corrected chi connectivity index (χ0v) is 12.6. The van der Waals surface area contributed by atoms with Crippen LogP contribution in [0.4, 0.5) is 0 Å². The Morgan fingerprint density at radius 3 is 2.53 bits per heavy atom. The van der Waals surface area contributed by atoms with Gasteiger partial charge in [0.15, 0.2) is 0 Å². The fraction of sp³-hybridized carbons (Fsp3) is 0.571. The standard InChI is InChI=1S/C14H21O4P/c1-11-5-4-6-12(7-11)10-18-13-8-14(9-13)19(15,16-2)17-3/h4-7,13-14H,8-10H2,1-3H3. The Hall–Kier alpha value is -0.670. The predicted molar refractivity (Wildman–Crippen MR) is 74.4 cm³/mol. The highest BCUT2D eigenvalue weighted by atomic mass is 31.2. The number of ether oxygens (including phenoxy) is 1. The Bertz CT molecular complexity index is 460. The van der Waals surface area contributed by atoms with Crippen LogP contribution < -0.4 is 0 Å². The first kappa shape index (κ1) is 14.7. The summed E-state index contributed by atoms with van der Waals surface area (Å²) < 4.78 is 27.9. The molecular weight excluding hydrogens is 263 g/mol. The van der Waals surface area contributed by atoms with E-state index in [4.69, 9.17) is 13.8 Å². The number of aryl methyl sites for hydroxylation is 1. The summed E-state index contributed by atoms with van der Waals surface area (Å²) in [6, 6.07) is 8.27. The largest absolute Gasteiger partial charge is 0.373 e. The first-order chi connectivity index (χ1) is 9.07. The van der Waals surface area contributed by atoms with Gasteiger partial charge in [0.2, 0.25) is 0 Å². The van der Waals surface area contributed by atoms with Crippen molar-refractivity contribution in [3.8, 4) is 0 Å². The summed E-state index contributed by atoms with van der Waals surface area (Å²) in [7, 11) is -0.0348. The third-order valence-electron chi connectivity index (χ3n) is 3.59.